The summed E-state index contributed by atoms with van der Waals surface area (Å²) in [6.07, 6.45) is 0. The Labute approximate surface area is 425 Å². The summed E-state index contributed by atoms with van der Waals surface area (Å²) >= 11 is 0. The van der Waals surface area contributed by atoms with Crippen LogP contribution in [0.1, 0.15) is 99.9 Å². The molecule has 0 heteroatoms. The molecule has 4 aliphatic rings. The van der Waals surface area contributed by atoms with Gasteiger partial charge in [0.1, 0.15) is 0 Å². The lowest BCUT2D eigenvalue weighted by Gasteiger charge is -2.24. The van der Waals surface area contributed by atoms with Crippen LogP contribution in [-0.4, -0.2) is 0 Å². The van der Waals surface area contributed by atoms with Gasteiger partial charge in [-0.25, -0.2) is 0 Å². The van der Waals surface area contributed by atoms with Gasteiger partial charge in [0, 0.05) is 21.7 Å². The minimum absolute atomic E-state index is 0.103. The lowest BCUT2D eigenvalue weighted by molar-refractivity contribution is 0.660. The van der Waals surface area contributed by atoms with E-state index in [0.717, 1.165) is 0 Å². The number of fused-ring (bicyclic) bond motifs is 12. The molecule has 0 unspecified atom stereocenters. The normalized spacial score (nSPS) is 15.9. The van der Waals surface area contributed by atoms with E-state index in [4.69, 9.17) is 0 Å². The summed E-state index contributed by atoms with van der Waals surface area (Å²) in [6, 6.07) is 79.5. The number of hydrogen-bond donors (Lipinski definition) is 0. The molecule has 0 radical (unpaired) electrons. The van der Waals surface area contributed by atoms with E-state index in [-0.39, 0.29) is 21.7 Å². The minimum Gasteiger partial charge on any atom is -0.0619 e. The van der Waals surface area contributed by atoms with Crippen molar-refractivity contribution in [1.29, 1.82) is 0 Å². The molecule has 0 spiro atoms. The molecule has 0 saturated carbocycles. The van der Waals surface area contributed by atoms with E-state index >= 15 is 0 Å². The first-order valence-electron chi connectivity index (χ1n) is 26.0. The van der Waals surface area contributed by atoms with Crippen molar-refractivity contribution in [2.75, 3.05) is 0 Å². The van der Waals surface area contributed by atoms with Crippen LogP contribution >= 0.6 is 0 Å². The van der Waals surface area contributed by atoms with Crippen molar-refractivity contribution < 1.29 is 0 Å². The van der Waals surface area contributed by atoms with E-state index in [9.17, 15) is 0 Å². The smallest absolute Gasteiger partial charge is 0.0159 e. The van der Waals surface area contributed by atoms with Gasteiger partial charge in [0.2, 0.25) is 0 Å². The standard InChI is InChI=1S/C72H58/c1-69(2)61-21-13-9-17-51(61)55-33-27-45(39-65(55)69)43-25-31-49(47-29-35-57-53-19-11-15-23-63(53)71(5,6)67(57)41-47)59(37-43)60-38-44(46-28-34-56-52-18-10-14-22-62(52)70(3,4)66(56)40-46)26-32-50(60)48-30-36-58-54-20-12-16-24-64(54)72(7,8)68(58)42-48/h9-42H,1-8H3. The molecule has 0 nitrogen and oxygen atoms in total. The Hall–Kier alpha value is -7.80. The number of benzene rings is 10. The van der Waals surface area contributed by atoms with E-state index in [1.807, 2.05) is 0 Å². The van der Waals surface area contributed by atoms with Crippen LogP contribution in [0.25, 0.3) is 100 Å². The second-order valence-electron chi connectivity index (χ2n) is 23.2. The topological polar surface area (TPSA) is 0 Å². The zero-order valence-corrected chi connectivity index (χ0v) is 42.6. The van der Waals surface area contributed by atoms with E-state index in [2.05, 4.69) is 262 Å². The Kier molecular flexibility index (Phi) is 8.89. The predicted molar refractivity (Wildman–Crippen MR) is 304 cm³/mol. The first-order chi connectivity index (χ1) is 34.7. The van der Waals surface area contributed by atoms with Crippen LogP contribution < -0.4 is 0 Å². The minimum atomic E-state index is -0.127. The quantitative estimate of drug-likeness (QED) is 0.161. The molecule has 0 bridgehead atoms. The first kappa shape index (κ1) is 43.0. The van der Waals surface area contributed by atoms with E-state index in [0.29, 0.717) is 0 Å². The number of hydrogen-bond acceptors (Lipinski definition) is 0. The van der Waals surface area contributed by atoms with Crippen molar-refractivity contribution in [3.8, 4) is 100 Å². The van der Waals surface area contributed by atoms with Crippen LogP contribution in [0.3, 0.4) is 0 Å². The summed E-state index contributed by atoms with van der Waals surface area (Å²) < 4.78 is 0. The molecule has 0 aliphatic heterocycles. The Balaban J connectivity index is 1.01. The molecule has 0 saturated heterocycles. The van der Waals surface area contributed by atoms with E-state index in [1.54, 1.807) is 0 Å². The third kappa shape index (κ3) is 5.93. The average molecular weight is 923 g/mol. The largest absolute Gasteiger partial charge is 0.0619 e. The van der Waals surface area contributed by atoms with Gasteiger partial charge in [0.05, 0.1) is 0 Å². The summed E-state index contributed by atoms with van der Waals surface area (Å²) in [5.41, 5.74) is 33.7. The highest BCUT2D eigenvalue weighted by Gasteiger charge is 2.39. The summed E-state index contributed by atoms with van der Waals surface area (Å²) in [7, 11) is 0. The second-order valence-corrected chi connectivity index (χ2v) is 23.2. The van der Waals surface area contributed by atoms with Crippen LogP contribution in [0.2, 0.25) is 0 Å². The summed E-state index contributed by atoms with van der Waals surface area (Å²) in [5, 5.41) is 0. The van der Waals surface area contributed by atoms with Crippen LogP contribution in [0, 0.1) is 0 Å². The molecule has 14 rings (SSSR count). The molecule has 0 aromatic heterocycles. The van der Waals surface area contributed by atoms with Crippen molar-refractivity contribution in [2.24, 2.45) is 0 Å². The molecule has 0 heterocycles. The summed E-state index contributed by atoms with van der Waals surface area (Å²) in [5.74, 6) is 0. The van der Waals surface area contributed by atoms with Crippen molar-refractivity contribution >= 4 is 0 Å². The highest BCUT2D eigenvalue weighted by molar-refractivity contribution is 5.98. The first-order valence-corrected chi connectivity index (χ1v) is 26.0. The Morgan fingerprint density at radius 1 is 0.167 bits per heavy atom. The Morgan fingerprint density at radius 2 is 0.375 bits per heavy atom. The molecular weight excluding hydrogens is 865 g/mol. The summed E-state index contributed by atoms with van der Waals surface area (Å²) in [4.78, 5) is 0. The van der Waals surface area contributed by atoms with Gasteiger partial charge in [-0.2, -0.15) is 0 Å². The monoisotopic (exact) mass is 922 g/mol. The van der Waals surface area contributed by atoms with Crippen molar-refractivity contribution in [3.05, 3.63) is 251 Å². The molecule has 10 aromatic carbocycles. The van der Waals surface area contributed by atoms with E-state index in [1.165, 1.54) is 145 Å². The van der Waals surface area contributed by atoms with Gasteiger partial charge in [-0.3, -0.25) is 0 Å². The molecule has 346 valence electrons. The second kappa shape index (κ2) is 14.9. The molecule has 0 N–H and O–H groups in total. The van der Waals surface area contributed by atoms with Gasteiger partial charge in [-0.05, 0) is 181 Å². The lowest BCUT2D eigenvalue weighted by atomic mass is 9.79. The van der Waals surface area contributed by atoms with Gasteiger partial charge in [0.25, 0.3) is 0 Å². The third-order valence-corrected chi connectivity index (χ3v) is 18.0. The number of rotatable bonds is 5. The maximum absolute atomic E-state index is 2.51. The fourth-order valence-electron chi connectivity index (χ4n) is 13.9. The molecule has 10 aromatic rings. The van der Waals surface area contributed by atoms with Gasteiger partial charge >= 0.3 is 0 Å². The van der Waals surface area contributed by atoms with Gasteiger partial charge in [0.15, 0.2) is 0 Å². The fourth-order valence-corrected chi connectivity index (χ4v) is 13.9. The molecule has 4 aliphatic carbocycles. The van der Waals surface area contributed by atoms with Gasteiger partial charge in [-0.15, -0.1) is 0 Å². The lowest BCUT2D eigenvalue weighted by Crippen LogP contribution is -2.15. The predicted octanol–water partition coefficient (Wildman–Crippen LogP) is 19.2. The van der Waals surface area contributed by atoms with Crippen molar-refractivity contribution in [2.45, 2.75) is 77.0 Å². The zero-order valence-electron chi connectivity index (χ0n) is 42.6. The molecule has 72 heavy (non-hydrogen) atoms. The molecule has 0 atom stereocenters. The highest BCUT2D eigenvalue weighted by Crippen LogP contribution is 2.55. The summed E-state index contributed by atoms with van der Waals surface area (Å²) in [6.45, 7) is 19.1. The maximum Gasteiger partial charge on any atom is 0.0159 e. The SMILES string of the molecule is CC1(C)c2ccccc2-c2ccc(-c3ccc(-c4ccc5c(c4)C(C)(C)c4ccccc4-5)c(-c4cc(-c5ccc6c(c5)C(C)(C)c5ccccc5-6)ccc4-c4ccc5c(c4)C(C)(C)c4ccccc4-5)c3)cc21. The van der Waals surface area contributed by atoms with Crippen LogP contribution in [-0.2, 0) is 21.7 Å². The Bertz CT molecular complexity index is 3710. The zero-order chi connectivity index (χ0) is 49.1. The van der Waals surface area contributed by atoms with Gasteiger partial charge in [-0.1, -0.05) is 225 Å². The van der Waals surface area contributed by atoms with Crippen molar-refractivity contribution in [3.63, 3.8) is 0 Å². The highest BCUT2D eigenvalue weighted by atomic mass is 14.4. The van der Waals surface area contributed by atoms with Crippen LogP contribution in [0.15, 0.2) is 206 Å². The molecule has 0 fully saturated rings. The molecular formula is C72H58. The van der Waals surface area contributed by atoms with E-state index < -0.39 is 0 Å². The van der Waals surface area contributed by atoms with Crippen LogP contribution in [0.4, 0.5) is 0 Å². The van der Waals surface area contributed by atoms with Crippen LogP contribution in [0.5, 0.6) is 0 Å². The van der Waals surface area contributed by atoms with Crippen molar-refractivity contribution in [1.82, 2.24) is 0 Å². The fraction of sp³-hybridized carbons (Fsp3) is 0.167. The molecule has 0 amide bonds. The Morgan fingerprint density at radius 3 is 0.667 bits per heavy atom. The third-order valence-electron chi connectivity index (χ3n) is 18.0. The van der Waals surface area contributed by atoms with Gasteiger partial charge < -0.3 is 0 Å². The maximum atomic E-state index is 2.51. The average Bonchev–Trinajstić information content (AvgIpc) is 3.98.